The molecule has 0 saturated carbocycles. The van der Waals surface area contributed by atoms with Gasteiger partial charge in [-0.15, -0.1) is 16.4 Å². The summed E-state index contributed by atoms with van der Waals surface area (Å²) >= 11 is 1.44. The molecule has 0 spiro atoms. The molecule has 0 atom stereocenters. The van der Waals surface area contributed by atoms with E-state index in [-0.39, 0.29) is 17.3 Å². The summed E-state index contributed by atoms with van der Waals surface area (Å²) in [6.45, 7) is 0. The molecule has 0 aliphatic carbocycles. The molecule has 0 radical (unpaired) electrons. The van der Waals surface area contributed by atoms with E-state index >= 15 is 0 Å². The molecule has 7 nitrogen and oxygen atoms in total. The zero-order valence-electron chi connectivity index (χ0n) is 15.7. The van der Waals surface area contributed by atoms with Crippen LogP contribution in [0.5, 0.6) is 5.75 Å². The van der Waals surface area contributed by atoms with E-state index in [4.69, 9.17) is 4.74 Å². The van der Waals surface area contributed by atoms with Gasteiger partial charge in [-0.1, -0.05) is 5.21 Å². The SMILES string of the molecule is COc1ccc(-c2nc3sccn3c2C(=O)c2cn(-c3ccc(F)cc3)nn2)cc1. The van der Waals surface area contributed by atoms with Crippen molar-refractivity contribution in [2.24, 2.45) is 0 Å². The molecule has 0 aliphatic rings. The van der Waals surface area contributed by atoms with E-state index in [1.807, 2.05) is 29.6 Å². The van der Waals surface area contributed by atoms with E-state index in [9.17, 15) is 9.18 Å². The Morgan fingerprint density at radius 1 is 1.10 bits per heavy atom. The van der Waals surface area contributed by atoms with E-state index in [1.54, 1.807) is 29.8 Å². The minimum Gasteiger partial charge on any atom is -0.497 e. The molecule has 5 rings (SSSR count). The third-order valence-corrected chi connectivity index (χ3v) is 5.41. The number of halogens is 1. The number of ether oxygens (including phenoxy) is 1. The van der Waals surface area contributed by atoms with Gasteiger partial charge in [0, 0.05) is 17.1 Å². The molecule has 3 aromatic heterocycles. The predicted molar refractivity (Wildman–Crippen MR) is 110 cm³/mol. The van der Waals surface area contributed by atoms with Crippen molar-refractivity contribution in [2.45, 2.75) is 0 Å². The topological polar surface area (TPSA) is 74.3 Å². The lowest BCUT2D eigenvalue weighted by Gasteiger charge is -2.04. The number of carbonyl (C=O) groups excluding carboxylic acids is 1. The Morgan fingerprint density at radius 2 is 1.87 bits per heavy atom. The van der Waals surface area contributed by atoms with Crippen LogP contribution in [-0.4, -0.2) is 37.3 Å². The number of carbonyl (C=O) groups is 1. The van der Waals surface area contributed by atoms with E-state index in [0.717, 1.165) is 11.3 Å². The van der Waals surface area contributed by atoms with Crippen LogP contribution in [0.3, 0.4) is 0 Å². The number of ketones is 1. The first-order chi connectivity index (χ1) is 14.6. The molecule has 9 heteroatoms. The summed E-state index contributed by atoms with van der Waals surface area (Å²) in [6.07, 6.45) is 3.33. The van der Waals surface area contributed by atoms with Crippen molar-refractivity contribution in [1.82, 2.24) is 24.4 Å². The molecule has 0 amide bonds. The molecule has 0 fully saturated rings. The fourth-order valence-corrected chi connectivity index (χ4v) is 3.88. The molecule has 3 heterocycles. The van der Waals surface area contributed by atoms with Crippen molar-refractivity contribution in [3.05, 3.63) is 83.5 Å². The standard InChI is InChI=1S/C21H14FN5O2S/c1-29-16-8-2-13(3-9-16)18-19(26-10-11-30-21(26)23-18)20(28)17-12-27(25-24-17)15-6-4-14(22)5-7-15/h2-12H,1H3. The summed E-state index contributed by atoms with van der Waals surface area (Å²) in [5.41, 5.74) is 2.53. The normalized spacial score (nSPS) is 11.1. The minimum atomic E-state index is -0.349. The second kappa shape index (κ2) is 7.20. The number of fused-ring (bicyclic) bond motifs is 1. The maximum atomic E-state index is 13.4. The number of benzene rings is 2. The second-order valence-corrected chi connectivity index (χ2v) is 7.32. The van der Waals surface area contributed by atoms with Gasteiger partial charge in [0.05, 0.1) is 19.0 Å². The van der Waals surface area contributed by atoms with E-state index in [0.29, 0.717) is 22.0 Å². The monoisotopic (exact) mass is 419 g/mol. The highest BCUT2D eigenvalue weighted by molar-refractivity contribution is 7.15. The van der Waals surface area contributed by atoms with Crippen LogP contribution in [0.4, 0.5) is 4.39 Å². The Bertz CT molecular complexity index is 1350. The number of methoxy groups -OCH3 is 1. The molecule has 0 saturated heterocycles. The number of thiazole rings is 1. The molecule has 2 aromatic carbocycles. The zero-order chi connectivity index (χ0) is 20.7. The van der Waals surface area contributed by atoms with Gasteiger partial charge in [-0.3, -0.25) is 9.20 Å². The lowest BCUT2D eigenvalue weighted by molar-refractivity contribution is 0.102. The number of hydrogen-bond donors (Lipinski definition) is 0. The fourth-order valence-electron chi connectivity index (χ4n) is 3.16. The van der Waals surface area contributed by atoms with Crippen LogP contribution in [0.2, 0.25) is 0 Å². The molecule has 148 valence electrons. The highest BCUT2D eigenvalue weighted by atomic mass is 32.1. The van der Waals surface area contributed by atoms with Crippen LogP contribution in [0, 0.1) is 5.82 Å². The Labute approximate surface area is 174 Å². The lowest BCUT2D eigenvalue weighted by Crippen LogP contribution is -2.07. The molecule has 0 aliphatic heterocycles. The molecule has 0 unspecified atom stereocenters. The van der Waals surface area contributed by atoms with Crippen LogP contribution in [0.15, 0.2) is 66.3 Å². The van der Waals surface area contributed by atoms with Gasteiger partial charge < -0.3 is 4.74 Å². The summed E-state index contributed by atoms with van der Waals surface area (Å²) in [6, 6.07) is 13.1. The van der Waals surface area contributed by atoms with Crippen LogP contribution in [0.25, 0.3) is 21.9 Å². The van der Waals surface area contributed by atoms with Gasteiger partial charge in [0.15, 0.2) is 10.7 Å². The maximum absolute atomic E-state index is 13.4. The maximum Gasteiger partial charge on any atom is 0.233 e. The third-order valence-electron chi connectivity index (χ3n) is 4.66. The highest BCUT2D eigenvalue weighted by Gasteiger charge is 2.25. The Kier molecular flexibility index (Phi) is 4.36. The summed E-state index contributed by atoms with van der Waals surface area (Å²) in [4.78, 5) is 18.7. The van der Waals surface area contributed by atoms with Gasteiger partial charge in [-0.25, -0.2) is 14.1 Å². The molecular weight excluding hydrogens is 405 g/mol. The van der Waals surface area contributed by atoms with Crippen molar-refractivity contribution in [1.29, 1.82) is 0 Å². The van der Waals surface area contributed by atoms with E-state index in [2.05, 4.69) is 15.3 Å². The predicted octanol–water partition coefficient (Wildman–Crippen LogP) is 4.02. The number of imidazole rings is 1. The van der Waals surface area contributed by atoms with Crippen molar-refractivity contribution in [3.63, 3.8) is 0 Å². The molecule has 0 bridgehead atoms. The van der Waals surface area contributed by atoms with Crippen molar-refractivity contribution >= 4 is 22.1 Å². The second-order valence-electron chi connectivity index (χ2n) is 6.45. The molecular formula is C21H14FN5O2S. The van der Waals surface area contributed by atoms with Crippen LogP contribution in [-0.2, 0) is 0 Å². The minimum absolute atomic E-state index is 0.169. The fraction of sp³-hybridized carbons (Fsp3) is 0.0476. The third kappa shape index (κ3) is 3.05. The van der Waals surface area contributed by atoms with Gasteiger partial charge in [-0.2, -0.15) is 0 Å². The average Bonchev–Trinajstić information content (AvgIpc) is 3.50. The van der Waals surface area contributed by atoms with Gasteiger partial charge in [0.1, 0.15) is 23.0 Å². The van der Waals surface area contributed by atoms with Gasteiger partial charge in [0.2, 0.25) is 5.78 Å². The molecule has 30 heavy (non-hydrogen) atoms. The molecule has 0 N–H and O–H groups in total. The van der Waals surface area contributed by atoms with E-state index < -0.39 is 0 Å². The summed E-state index contributed by atoms with van der Waals surface area (Å²) < 4.78 is 21.6. The average molecular weight is 419 g/mol. The number of hydrogen-bond acceptors (Lipinski definition) is 6. The Hall–Kier alpha value is -3.85. The van der Waals surface area contributed by atoms with E-state index in [1.165, 1.54) is 34.3 Å². The smallest absolute Gasteiger partial charge is 0.233 e. The van der Waals surface area contributed by atoms with Crippen molar-refractivity contribution in [2.75, 3.05) is 7.11 Å². The van der Waals surface area contributed by atoms with Crippen molar-refractivity contribution in [3.8, 4) is 22.7 Å². The van der Waals surface area contributed by atoms with Crippen molar-refractivity contribution < 1.29 is 13.9 Å². The lowest BCUT2D eigenvalue weighted by atomic mass is 10.1. The number of rotatable bonds is 5. The number of nitrogens with zero attached hydrogens (tertiary/aromatic N) is 5. The highest BCUT2D eigenvalue weighted by Crippen LogP contribution is 2.29. The van der Waals surface area contributed by atoms with Gasteiger partial charge in [-0.05, 0) is 48.5 Å². The first-order valence-corrected chi connectivity index (χ1v) is 9.85. The van der Waals surface area contributed by atoms with Crippen LogP contribution in [0.1, 0.15) is 16.2 Å². The summed E-state index contributed by atoms with van der Waals surface area (Å²) in [5.74, 6) is 0.0633. The number of aromatic nitrogens is 5. The Morgan fingerprint density at radius 3 is 2.60 bits per heavy atom. The van der Waals surface area contributed by atoms with Crippen LogP contribution >= 0.6 is 11.3 Å². The Balaban J connectivity index is 1.58. The summed E-state index contributed by atoms with van der Waals surface area (Å²) in [5, 5.41) is 9.92. The summed E-state index contributed by atoms with van der Waals surface area (Å²) in [7, 11) is 1.60. The zero-order valence-corrected chi connectivity index (χ0v) is 16.5. The van der Waals surface area contributed by atoms with Gasteiger partial charge >= 0.3 is 0 Å². The quantitative estimate of drug-likeness (QED) is 0.402. The first kappa shape index (κ1) is 18.2. The van der Waals surface area contributed by atoms with Gasteiger partial charge in [0.25, 0.3) is 0 Å². The van der Waals surface area contributed by atoms with Crippen LogP contribution < -0.4 is 4.74 Å². The largest absolute Gasteiger partial charge is 0.497 e. The molecule has 5 aromatic rings. The first-order valence-electron chi connectivity index (χ1n) is 8.97.